The Bertz CT molecular complexity index is 768. The molecule has 1 heterocycles. The highest BCUT2D eigenvalue weighted by atomic mass is 35.5. The summed E-state index contributed by atoms with van der Waals surface area (Å²) in [5.74, 6) is 0.570. The molecule has 3 N–H and O–H groups in total. The molecular formula is C17H26ClN3O5S. The molecule has 1 aromatic rings. The van der Waals surface area contributed by atoms with E-state index in [0.29, 0.717) is 18.0 Å². The third-order valence-corrected chi connectivity index (χ3v) is 5.44. The molecule has 1 aromatic carbocycles. The van der Waals surface area contributed by atoms with Gasteiger partial charge in [0.2, 0.25) is 15.9 Å². The van der Waals surface area contributed by atoms with Crippen LogP contribution in [-0.4, -0.2) is 54.7 Å². The Morgan fingerprint density at radius 1 is 1.22 bits per heavy atom. The van der Waals surface area contributed by atoms with Gasteiger partial charge in [-0.15, -0.1) is 12.4 Å². The Labute approximate surface area is 166 Å². The van der Waals surface area contributed by atoms with E-state index in [4.69, 9.17) is 9.47 Å². The standard InChI is InChI=1S/C17H25N3O5S.ClH/c1-24-15-4-3-14(11-16(15)25-2)26(22,23)20-10-7-17(21)19-12-13-5-8-18-9-6-13;/h3-5,11,18,20H,6-10,12H2,1-2H3,(H,19,21);1H. The molecule has 0 aliphatic carbocycles. The van der Waals surface area contributed by atoms with Crippen molar-refractivity contribution in [3.05, 3.63) is 29.8 Å². The highest BCUT2D eigenvalue weighted by Gasteiger charge is 2.17. The predicted octanol–water partition coefficient (Wildman–Crippen LogP) is 0.830. The van der Waals surface area contributed by atoms with E-state index in [2.05, 4.69) is 21.4 Å². The molecule has 27 heavy (non-hydrogen) atoms. The van der Waals surface area contributed by atoms with Crippen molar-refractivity contribution < 1.29 is 22.7 Å². The summed E-state index contributed by atoms with van der Waals surface area (Å²) in [4.78, 5) is 11.9. The zero-order valence-electron chi connectivity index (χ0n) is 15.4. The fourth-order valence-electron chi connectivity index (χ4n) is 2.50. The van der Waals surface area contributed by atoms with Gasteiger partial charge in [-0.05, 0) is 25.1 Å². The second-order valence-corrected chi connectivity index (χ2v) is 7.52. The number of rotatable bonds is 9. The summed E-state index contributed by atoms with van der Waals surface area (Å²) in [5.41, 5.74) is 1.18. The van der Waals surface area contributed by atoms with Gasteiger partial charge in [0.05, 0.1) is 19.1 Å². The number of ether oxygens (including phenoxy) is 2. The van der Waals surface area contributed by atoms with Crippen LogP contribution in [0.3, 0.4) is 0 Å². The number of hydrogen-bond acceptors (Lipinski definition) is 6. The number of carbonyl (C=O) groups is 1. The van der Waals surface area contributed by atoms with E-state index in [9.17, 15) is 13.2 Å². The molecule has 1 aliphatic rings. The summed E-state index contributed by atoms with van der Waals surface area (Å²) in [5, 5.41) is 6.01. The molecule has 0 bridgehead atoms. The van der Waals surface area contributed by atoms with Crippen LogP contribution in [0.1, 0.15) is 12.8 Å². The summed E-state index contributed by atoms with van der Waals surface area (Å²) < 4.78 is 37.3. The van der Waals surface area contributed by atoms with E-state index in [0.717, 1.165) is 19.5 Å². The number of halogens is 1. The van der Waals surface area contributed by atoms with E-state index < -0.39 is 10.0 Å². The van der Waals surface area contributed by atoms with Crippen LogP contribution in [-0.2, 0) is 14.8 Å². The average molecular weight is 420 g/mol. The molecule has 1 amide bonds. The molecule has 0 aromatic heterocycles. The van der Waals surface area contributed by atoms with Crippen LogP contribution in [0.4, 0.5) is 0 Å². The molecule has 10 heteroatoms. The van der Waals surface area contributed by atoms with Gasteiger partial charge in [-0.25, -0.2) is 13.1 Å². The first-order valence-electron chi connectivity index (χ1n) is 8.33. The Hall–Kier alpha value is -1.81. The minimum Gasteiger partial charge on any atom is -0.493 e. The van der Waals surface area contributed by atoms with Gasteiger partial charge in [0.15, 0.2) is 11.5 Å². The minimum absolute atomic E-state index is 0. The van der Waals surface area contributed by atoms with Crippen molar-refractivity contribution in [1.29, 1.82) is 0 Å². The van der Waals surface area contributed by atoms with Crippen molar-refractivity contribution in [3.63, 3.8) is 0 Å². The van der Waals surface area contributed by atoms with Crippen molar-refractivity contribution in [1.82, 2.24) is 15.4 Å². The van der Waals surface area contributed by atoms with Crippen molar-refractivity contribution in [2.24, 2.45) is 0 Å². The molecule has 0 spiro atoms. The van der Waals surface area contributed by atoms with Gasteiger partial charge in [0, 0.05) is 32.1 Å². The Morgan fingerprint density at radius 3 is 2.59 bits per heavy atom. The average Bonchev–Trinajstić information content (AvgIpc) is 2.66. The summed E-state index contributed by atoms with van der Waals surface area (Å²) in [6, 6.07) is 4.32. The topological polar surface area (TPSA) is 106 Å². The molecule has 0 unspecified atom stereocenters. The fraction of sp³-hybridized carbons (Fsp3) is 0.471. The molecular weight excluding hydrogens is 394 g/mol. The molecule has 1 aliphatic heterocycles. The van der Waals surface area contributed by atoms with Crippen LogP contribution in [0.25, 0.3) is 0 Å². The van der Waals surface area contributed by atoms with Crippen molar-refractivity contribution in [2.45, 2.75) is 17.7 Å². The van der Waals surface area contributed by atoms with Gasteiger partial charge in [-0.1, -0.05) is 11.6 Å². The maximum absolute atomic E-state index is 12.3. The van der Waals surface area contributed by atoms with Gasteiger partial charge in [0.25, 0.3) is 0 Å². The van der Waals surface area contributed by atoms with E-state index in [1.54, 1.807) is 0 Å². The second-order valence-electron chi connectivity index (χ2n) is 5.76. The lowest BCUT2D eigenvalue weighted by Crippen LogP contribution is -2.33. The number of carbonyl (C=O) groups excluding carboxylic acids is 1. The summed E-state index contributed by atoms with van der Waals surface area (Å²) >= 11 is 0. The van der Waals surface area contributed by atoms with Crippen molar-refractivity contribution in [2.75, 3.05) is 40.4 Å². The van der Waals surface area contributed by atoms with Gasteiger partial charge in [0.1, 0.15) is 0 Å². The third kappa shape index (κ3) is 7.02. The smallest absolute Gasteiger partial charge is 0.240 e. The minimum atomic E-state index is -3.73. The number of methoxy groups -OCH3 is 2. The Kier molecular flexibility index (Phi) is 9.57. The highest BCUT2D eigenvalue weighted by molar-refractivity contribution is 7.89. The molecule has 8 nitrogen and oxygen atoms in total. The van der Waals surface area contributed by atoms with Gasteiger partial charge >= 0.3 is 0 Å². The van der Waals surface area contributed by atoms with Crippen LogP contribution in [0.15, 0.2) is 34.7 Å². The highest BCUT2D eigenvalue weighted by Crippen LogP contribution is 2.29. The zero-order chi connectivity index (χ0) is 19.0. The number of hydrogen-bond donors (Lipinski definition) is 3. The quantitative estimate of drug-likeness (QED) is 0.512. The first-order valence-corrected chi connectivity index (χ1v) is 9.81. The summed E-state index contributed by atoms with van der Waals surface area (Å²) in [7, 11) is -0.825. The molecule has 0 saturated carbocycles. The molecule has 0 radical (unpaired) electrons. The predicted molar refractivity (Wildman–Crippen MR) is 105 cm³/mol. The lowest BCUT2D eigenvalue weighted by molar-refractivity contribution is -0.120. The molecule has 152 valence electrons. The maximum Gasteiger partial charge on any atom is 0.240 e. The number of nitrogens with one attached hydrogen (secondary N) is 3. The van der Waals surface area contributed by atoms with Crippen LogP contribution in [0.5, 0.6) is 11.5 Å². The number of sulfonamides is 1. The normalized spacial score (nSPS) is 13.9. The second kappa shape index (κ2) is 11.1. The number of amides is 1. The lowest BCUT2D eigenvalue weighted by Gasteiger charge is -2.14. The lowest BCUT2D eigenvalue weighted by atomic mass is 10.1. The third-order valence-electron chi connectivity index (χ3n) is 3.98. The maximum atomic E-state index is 12.3. The van der Waals surface area contributed by atoms with Crippen LogP contribution >= 0.6 is 12.4 Å². The monoisotopic (exact) mass is 419 g/mol. The van der Waals surface area contributed by atoms with E-state index in [1.807, 2.05) is 0 Å². The van der Waals surface area contributed by atoms with Crippen molar-refractivity contribution in [3.8, 4) is 11.5 Å². The van der Waals surface area contributed by atoms with E-state index in [1.165, 1.54) is 38.0 Å². The molecule has 0 atom stereocenters. The first kappa shape index (κ1) is 23.2. The fourth-order valence-corrected chi connectivity index (χ4v) is 3.54. The van der Waals surface area contributed by atoms with Crippen LogP contribution in [0.2, 0.25) is 0 Å². The van der Waals surface area contributed by atoms with Gasteiger partial charge in [-0.2, -0.15) is 0 Å². The molecule has 2 rings (SSSR count). The van der Waals surface area contributed by atoms with Crippen LogP contribution < -0.4 is 24.8 Å². The Morgan fingerprint density at radius 2 is 1.96 bits per heavy atom. The number of benzene rings is 1. The molecule has 0 fully saturated rings. The first-order chi connectivity index (χ1) is 12.5. The van der Waals surface area contributed by atoms with Crippen molar-refractivity contribution >= 4 is 28.3 Å². The van der Waals surface area contributed by atoms with E-state index in [-0.39, 0.29) is 36.2 Å². The summed E-state index contributed by atoms with van der Waals surface area (Å²) in [6.45, 7) is 2.25. The Balaban J connectivity index is 0.00000364. The largest absolute Gasteiger partial charge is 0.493 e. The van der Waals surface area contributed by atoms with Crippen LogP contribution in [0, 0.1) is 0 Å². The SMILES string of the molecule is COc1ccc(S(=O)(=O)NCCC(=O)NCC2=CCNCC2)cc1OC.Cl. The van der Waals surface area contributed by atoms with E-state index >= 15 is 0 Å². The summed E-state index contributed by atoms with van der Waals surface area (Å²) in [6.07, 6.45) is 3.04. The van der Waals surface area contributed by atoms with Gasteiger partial charge in [-0.3, -0.25) is 4.79 Å². The van der Waals surface area contributed by atoms with Gasteiger partial charge < -0.3 is 20.1 Å². The zero-order valence-corrected chi connectivity index (χ0v) is 17.0. The molecule has 0 saturated heterocycles.